The van der Waals surface area contributed by atoms with Gasteiger partial charge in [-0.2, -0.15) is 0 Å². The zero-order chi connectivity index (χ0) is 6.10. The molecule has 0 aliphatic carbocycles. The number of aliphatic imine (C=N–C) groups is 1. The zero-order valence-electron chi connectivity index (χ0n) is 5.51. The minimum absolute atomic E-state index is 0.748. The van der Waals surface area contributed by atoms with E-state index in [4.69, 9.17) is 0 Å². The van der Waals surface area contributed by atoms with Gasteiger partial charge in [0.05, 0.1) is 0 Å². The molecule has 0 aromatic heterocycles. The maximum absolute atomic E-state index is 4.30. The summed E-state index contributed by atoms with van der Waals surface area (Å²) in [7, 11) is 0. The highest BCUT2D eigenvalue weighted by atomic mass is 14.9. The number of nitrogens with zero attached hydrogens (tertiary/aromatic N) is 1. The van der Waals surface area contributed by atoms with Gasteiger partial charge < -0.3 is 5.32 Å². The van der Waals surface area contributed by atoms with Crippen LogP contribution in [0.3, 0.4) is 0 Å². The van der Waals surface area contributed by atoms with Crippen LogP contribution in [0, 0.1) is 11.8 Å². The lowest BCUT2D eigenvalue weighted by Crippen LogP contribution is -2.40. The van der Waals surface area contributed by atoms with Crippen LogP contribution in [0.5, 0.6) is 0 Å². The maximum Gasteiger partial charge on any atom is 0.0426 e. The summed E-state index contributed by atoms with van der Waals surface area (Å²) in [5.74, 6) is 1.59. The third-order valence-corrected chi connectivity index (χ3v) is 2.16. The molecule has 0 radical (unpaired) electrons. The summed E-state index contributed by atoms with van der Waals surface area (Å²) in [6.45, 7) is 3.40. The van der Waals surface area contributed by atoms with Crippen LogP contribution in [0.4, 0.5) is 0 Å². The van der Waals surface area contributed by atoms with E-state index in [1.165, 1.54) is 13.0 Å². The van der Waals surface area contributed by atoms with Gasteiger partial charge >= 0.3 is 0 Å². The molecule has 1 fully saturated rings. The molecule has 0 aromatic rings. The first-order chi connectivity index (χ1) is 4.45. The van der Waals surface area contributed by atoms with Crippen molar-refractivity contribution in [2.24, 2.45) is 16.8 Å². The highest BCUT2D eigenvalue weighted by Crippen LogP contribution is 2.18. The summed E-state index contributed by atoms with van der Waals surface area (Å²) >= 11 is 0. The summed E-state index contributed by atoms with van der Waals surface area (Å²) in [4.78, 5) is 4.30. The highest BCUT2D eigenvalue weighted by Gasteiger charge is 2.22. The lowest BCUT2D eigenvalue weighted by atomic mass is 9.89. The molecule has 1 N–H and O–H groups in total. The smallest absolute Gasteiger partial charge is 0.0426 e. The van der Waals surface area contributed by atoms with E-state index in [2.05, 4.69) is 16.5 Å². The number of hydrogen-bond donors (Lipinski definition) is 1. The standard InChI is InChI=1S/C7H12N2/c1-6-2-8-4-7(1)5-9-3-6/h2,6-7,9H,1,3-5H2. The first-order valence-electron chi connectivity index (χ1n) is 3.66. The topological polar surface area (TPSA) is 24.4 Å². The van der Waals surface area contributed by atoms with Crippen molar-refractivity contribution in [1.29, 1.82) is 0 Å². The Labute approximate surface area is 55.4 Å². The van der Waals surface area contributed by atoms with Crippen LogP contribution in [0.25, 0.3) is 0 Å². The monoisotopic (exact) mass is 124 g/mol. The van der Waals surface area contributed by atoms with Gasteiger partial charge in [0.2, 0.25) is 0 Å². The van der Waals surface area contributed by atoms with Crippen molar-refractivity contribution >= 4 is 6.21 Å². The molecule has 9 heavy (non-hydrogen) atoms. The molecule has 50 valence electrons. The molecule has 1 saturated heterocycles. The molecular weight excluding hydrogens is 112 g/mol. The summed E-state index contributed by atoms with van der Waals surface area (Å²) in [6.07, 6.45) is 3.49. The summed E-state index contributed by atoms with van der Waals surface area (Å²) in [5, 5.41) is 3.40. The van der Waals surface area contributed by atoms with Crippen LogP contribution in [0.15, 0.2) is 4.99 Å². The van der Waals surface area contributed by atoms with Crippen LogP contribution < -0.4 is 5.32 Å². The van der Waals surface area contributed by atoms with Gasteiger partial charge in [-0.1, -0.05) is 0 Å². The first kappa shape index (κ1) is 5.42. The van der Waals surface area contributed by atoms with Crippen molar-refractivity contribution in [3.8, 4) is 0 Å². The average Bonchev–Trinajstić information content (AvgIpc) is 1.88. The van der Waals surface area contributed by atoms with Crippen molar-refractivity contribution in [2.45, 2.75) is 6.42 Å². The van der Waals surface area contributed by atoms with Crippen LogP contribution in [-0.4, -0.2) is 25.8 Å². The van der Waals surface area contributed by atoms with Gasteiger partial charge in [-0.15, -0.1) is 0 Å². The average molecular weight is 124 g/mol. The fraction of sp³-hybridized carbons (Fsp3) is 0.857. The van der Waals surface area contributed by atoms with Crippen molar-refractivity contribution in [1.82, 2.24) is 5.32 Å². The molecule has 0 spiro atoms. The van der Waals surface area contributed by atoms with E-state index in [1.54, 1.807) is 0 Å². The third-order valence-electron chi connectivity index (χ3n) is 2.16. The molecule has 2 nitrogen and oxygen atoms in total. The number of nitrogens with one attached hydrogen (secondary N) is 1. The minimum Gasteiger partial charge on any atom is -0.316 e. The van der Waals surface area contributed by atoms with Gasteiger partial charge in [0.1, 0.15) is 0 Å². The Morgan fingerprint density at radius 2 is 2.44 bits per heavy atom. The molecule has 2 atom stereocenters. The van der Waals surface area contributed by atoms with Gasteiger partial charge in [-0.25, -0.2) is 0 Å². The van der Waals surface area contributed by atoms with Crippen molar-refractivity contribution < 1.29 is 0 Å². The van der Waals surface area contributed by atoms with E-state index in [1.807, 2.05) is 0 Å². The largest absolute Gasteiger partial charge is 0.316 e. The van der Waals surface area contributed by atoms with Crippen LogP contribution >= 0.6 is 0 Å². The van der Waals surface area contributed by atoms with Gasteiger partial charge in [0, 0.05) is 25.2 Å². The Kier molecular flexibility index (Phi) is 1.27. The predicted octanol–water partition coefficient (Wildman–Crippen LogP) is 0.296. The van der Waals surface area contributed by atoms with E-state index in [-0.39, 0.29) is 0 Å². The van der Waals surface area contributed by atoms with Crippen LogP contribution in [-0.2, 0) is 0 Å². The Morgan fingerprint density at radius 1 is 1.44 bits per heavy atom. The molecule has 2 aliphatic heterocycles. The van der Waals surface area contributed by atoms with Gasteiger partial charge in [0.15, 0.2) is 0 Å². The summed E-state index contributed by atoms with van der Waals surface area (Å²) < 4.78 is 0. The molecule has 0 aromatic carbocycles. The van der Waals surface area contributed by atoms with Crippen molar-refractivity contribution in [3.05, 3.63) is 0 Å². The van der Waals surface area contributed by atoms with Crippen LogP contribution in [0.1, 0.15) is 6.42 Å². The van der Waals surface area contributed by atoms with Crippen LogP contribution in [0.2, 0.25) is 0 Å². The van der Waals surface area contributed by atoms with E-state index in [0.29, 0.717) is 0 Å². The summed E-state index contributed by atoms with van der Waals surface area (Å²) in [5.41, 5.74) is 0. The molecule has 0 saturated carbocycles. The van der Waals surface area contributed by atoms with Crippen molar-refractivity contribution in [3.63, 3.8) is 0 Å². The number of fused-ring (bicyclic) bond motifs is 2. The van der Waals surface area contributed by atoms with E-state index >= 15 is 0 Å². The second-order valence-electron chi connectivity index (χ2n) is 3.03. The maximum atomic E-state index is 4.30. The lowest BCUT2D eigenvalue weighted by Gasteiger charge is -2.29. The Hall–Kier alpha value is -0.370. The number of hydrogen-bond acceptors (Lipinski definition) is 2. The minimum atomic E-state index is 0.748. The molecule has 2 heteroatoms. The Morgan fingerprint density at radius 3 is 3.22 bits per heavy atom. The number of rotatable bonds is 0. The van der Waals surface area contributed by atoms with E-state index < -0.39 is 0 Å². The summed E-state index contributed by atoms with van der Waals surface area (Å²) in [6, 6.07) is 0. The zero-order valence-corrected chi connectivity index (χ0v) is 5.51. The third kappa shape index (κ3) is 0.990. The highest BCUT2D eigenvalue weighted by molar-refractivity contribution is 5.62. The molecule has 2 unspecified atom stereocenters. The Bertz CT molecular complexity index is 131. The quantitative estimate of drug-likeness (QED) is 0.493. The lowest BCUT2D eigenvalue weighted by molar-refractivity contribution is 0.333. The van der Waals surface area contributed by atoms with Gasteiger partial charge in [-0.3, -0.25) is 4.99 Å². The molecule has 2 heterocycles. The fourth-order valence-electron chi connectivity index (χ4n) is 1.68. The predicted molar refractivity (Wildman–Crippen MR) is 37.8 cm³/mol. The molecular formula is C7H12N2. The normalized spacial score (nSPS) is 40.9. The SMILES string of the molecule is C1=NCC2CNCC1C2. The van der Waals surface area contributed by atoms with E-state index in [9.17, 15) is 0 Å². The Balaban J connectivity index is 2.09. The van der Waals surface area contributed by atoms with E-state index in [0.717, 1.165) is 24.9 Å². The molecule has 0 amide bonds. The molecule has 2 bridgehead atoms. The van der Waals surface area contributed by atoms with Gasteiger partial charge in [0.25, 0.3) is 0 Å². The molecule has 2 rings (SSSR count). The molecule has 2 aliphatic rings. The second kappa shape index (κ2) is 2.10. The fourth-order valence-corrected chi connectivity index (χ4v) is 1.68. The second-order valence-corrected chi connectivity index (χ2v) is 3.03. The first-order valence-corrected chi connectivity index (χ1v) is 3.66. The van der Waals surface area contributed by atoms with Crippen molar-refractivity contribution in [2.75, 3.05) is 19.6 Å². The number of piperidine rings is 1. The van der Waals surface area contributed by atoms with Gasteiger partial charge in [-0.05, 0) is 18.9 Å².